The first-order valence-electron chi connectivity index (χ1n) is 2.50. The maximum Gasteiger partial charge on any atom is 0.211 e. The lowest BCUT2D eigenvalue weighted by atomic mass is 10.3. The molecule has 0 aromatic heterocycles. The van der Waals surface area contributed by atoms with Gasteiger partial charge in [0.25, 0.3) is 0 Å². The average Bonchev–Trinajstić information content (AvgIpc) is 1.72. The van der Waals surface area contributed by atoms with Crippen LogP contribution in [0.25, 0.3) is 0 Å². The molecule has 0 rings (SSSR count). The molecule has 0 bridgehead atoms. The second kappa shape index (κ2) is 2.91. The molecule has 1 nitrogen and oxygen atoms in total. The van der Waals surface area contributed by atoms with E-state index >= 15 is 0 Å². The molecule has 0 radical (unpaired) electrons. The van der Waals surface area contributed by atoms with Gasteiger partial charge in [-0.05, 0) is 6.42 Å². The van der Waals surface area contributed by atoms with Crippen LogP contribution in [0.1, 0.15) is 13.3 Å². The summed E-state index contributed by atoms with van der Waals surface area (Å²) in [6.07, 6.45) is 2.36. The van der Waals surface area contributed by atoms with E-state index in [1.807, 2.05) is 6.92 Å². The van der Waals surface area contributed by atoms with E-state index in [1.54, 1.807) is 6.08 Å². The van der Waals surface area contributed by atoms with Crippen LogP contribution in [0.5, 0.6) is 0 Å². The molecule has 1 unspecified atom stereocenters. The van der Waals surface area contributed by atoms with Crippen LogP contribution < -0.4 is 0 Å². The number of hydrogen-bond acceptors (Lipinski definition) is 1. The smallest absolute Gasteiger partial charge is 0.211 e. The first-order chi connectivity index (χ1) is 3.35. The Hall–Kier alpha value is -0.300. The maximum atomic E-state index is 6.39. The second-order valence-electron chi connectivity index (χ2n) is 1.18. The highest BCUT2D eigenvalue weighted by atomic mass is 16.3. The van der Waals surface area contributed by atoms with Gasteiger partial charge in [0.1, 0.15) is 0 Å². The summed E-state index contributed by atoms with van der Waals surface area (Å²) >= 11 is 0. The van der Waals surface area contributed by atoms with Gasteiger partial charge in [-0.2, -0.15) is 0 Å². The SMILES string of the molecule is [2H]OC(C=C)CC. The van der Waals surface area contributed by atoms with Crippen molar-refractivity contribution in [1.29, 1.82) is 1.43 Å². The first kappa shape index (κ1) is 3.88. The summed E-state index contributed by atoms with van der Waals surface area (Å²) in [5, 5.41) is 4.18. The molecule has 0 amide bonds. The molecule has 1 N–H and O–H groups in total. The molecule has 0 spiro atoms. The summed E-state index contributed by atoms with van der Waals surface area (Å²) in [7, 11) is 0. The van der Waals surface area contributed by atoms with Gasteiger partial charge in [-0.25, -0.2) is 0 Å². The van der Waals surface area contributed by atoms with Gasteiger partial charge >= 0.3 is 0 Å². The van der Waals surface area contributed by atoms with Crippen LogP contribution in [0.3, 0.4) is 0 Å². The molecule has 36 valence electrons. The summed E-state index contributed by atoms with van der Waals surface area (Å²) in [4.78, 5) is 0. The van der Waals surface area contributed by atoms with E-state index in [9.17, 15) is 0 Å². The zero-order chi connectivity index (χ0) is 5.70. The standard InChI is InChI=1S/C5H10O/c1-3-5(6)4-2/h3,5-6H,1,4H2,2H3/i6D. The van der Waals surface area contributed by atoms with E-state index in [0.717, 1.165) is 6.42 Å². The molecule has 0 aromatic carbocycles. The average molecular weight is 87.1 g/mol. The topological polar surface area (TPSA) is 20.2 Å². The lowest BCUT2D eigenvalue weighted by Crippen LogP contribution is -1.95. The summed E-state index contributed by atoms with van der Waals surface area (Å²) in [6, 6.07) is 0. The molecule has 0 heterocycles. The minimum Gasteiger partial charge on any atom is -0.389 e. The molecule has 0 saturated carbocycles. The van der Waals surface area contributed by atoms with Gasteiger partial charge in [-0.1, -0.05) is 13.0 Å². The second-order valence-corrected chi connectivity index (χ2v) is 1.18. The van der Waals surface area contributed by atoms with E-state index in [0.29, 0.717) is 0 Å². The first-order valence-corrected chi connectivity index (χ1v) is 2.09. The van der Waals surface area contributed by atoms with E-state index in [4.69, 9.17) is 1.43 Å². The molecule has 0 aliphatic heterocycles. The Kier molecular flexibility index (Phi) is 1.88. The minimum absolute atomic E-state index is 0.0833. The van der Waals surface area contributed by atoms with Crippen LogP contribution >= 0.6 is 0 Å². The van der Waals surface area contributed by atoms with Crippen molar-refractivity contribution < 1.29 is 5.11 Å². The Morgan fingerprint density at radius 1 is 2.33 bits per heavy atom. The molecular weight excluding hydrogens is 76.1 g/mol. The van der Waals surface area contributed by atoms with Crippen molar-refractivity contribution in [3.05, 3.63) is 12.7 Å². The molecule has 1 heteroatoms. The molecule has 0 fully saturated rings. The Balaban J connectivity index is 3.16. The van der Waals surface area contributed by atoms with Crippen molar-refractivity contribution in [2.45, 2.75) is 19.4 Å². The fraction of sp³-hybridized carbons (Fsp3) is 0.600. The summed E-state index contributed by atoms with van der Waals surface area (Å²) < 4.78 is 6.39. The highest BCUT2D eigenvalue weighted by Crippen LogP contribution is 1.86. The molecule has 0 aliphatic rings. The zero-order valence-electron chi connectivity index (χ0n) is 4.98. The van der Waals surface area contributed by atoms with Gasteiger partial charge < -0.3 is 5.11 Å². The molecule has 0 saturated heterocycles. The van der Waals surface area contributed by atoms with Gasteiger partial charge in [-0.15, -0.1) is 6.58 Å². The van der Waals surface area contributed by atoms with Crippen molar-refractivity contribution in [3.63, 3.8) is 0 Å². The molecule has 6 heavy (non-hydrogen) atoms. The normalized spacial score (nSPS) is 15.8. The van der Waals surface area contributed by atoms with Gasteiger partial charge in [0, 0.05) is 0 Å². The van der Waals surface area contributed by atoms with Gasteiger partial charge in [0.2, 0.25) is 1.43 Å². The third kappa shape index (κ3) is 1.97. The molecule has 0 aliphatic carbocycles. The highest BCUT2D eigenvalue weighted by Gasteiger charge is 1.86. The zero-order valence-corrected chi connectivity index (χ0v) is 3.98. The van der Waals surface area contributed by atoms with Crippen LogP contribution in [-0.2, 0) is 0 Å². The number of aliphatic hydroxyl groups is 1. The Bertz CT molecular complexity index is 50.0. The number of rotatable bonds is 3. The van der Waals surface area contributed by atoms with Gasteiger partial charge in [0.05, 0.1) is 6.10 Å². The van der Waals surface area contributed by atoms with Crippen molar-refractivity contribution in [3.8, 4) is 0 Å². The maximum absolute atomic E-state index is 6.39. The monoisotopic (exact) mass is 87.1 g/mol. The minimum atomic E-state index is -0.0833. The van der Waals surface area contributed by atoms with Crippen molar-refractivity contribution in [2.24, 2.45) is 0 Å². The molecular formula is C5H10O. The quantitative estimate of drug-likeness (QED) is 0.508. The number of hydrogen-bond donors (Lipinski definition) is 1. The largest absolute Gasteiger partial charge is 0.389 e. The summed E-state index contributed by atoms with van der Waals surface area (Å²) in [6.45, 7) is 5.40. The van der Waals surface area contributed by atoms with Crippen LogP contribution in [-0.4, -0.2) is 12.6 Å². The lowest BCUT2D eigenvalue weighted by Gasteiger charge is -1.93. The van der Waals surface area contributed by atoms with E-state index in [1.165, 1.54) is 0 Å². The van der Waals surface area contributed by atoms with Crippen LogP contribution in [0, 0.1) is 0 Å². The Morgan fingerprint density at radius 3 is 3.00 bits per heavy atom. The van der Waals surface area contributed by atoms with Gasteiger partial charge in [0.15, 0.2) is 0 Å². The predicted molar refractivity (Wildman–Crippen MR) is 26.5 cm³/mol. The highest BCUT2D eigenvalue weighted by molar-refractivity contribution is 4.75. The van der Waals surface area contributed by atoms with E-state index in [-0.39, 0.29) is 6.10 Å². The van der Waals surface area contributed by atoms with Crippen LogP contribution in [0.2, 0.25) is 0 Å². The third-order valence-corrected chi connectivity index (χ3v) is 0.665. The van der Waals surface area contributed by atoms with Crippen molar-refractivity contribution >= 4 is 0 Å². The Morgan fingerprint density at radius 2 is 3.00 bits per heavy atom. The summed E-state index contributed by atoms with van der Waals surface area (Å²) in [5.41, 5.74) is 0. The lowest BCUT2D eigenvalue weighted by molar-refractivity contribution is 0.219. The van der Waals surface area contributed by atoms with Crippen LogP contribution in [0.15, 0.2) is 12.7 Å². The predicted octanol–water partition coefficient (Wildman–Crippen LogP) is 0.943. The van der Waals surface area contributed by atoms with Crippen molar-refractivity contribution in [1.82, 2.24) is 0 Å². The van der Waals surface area contributed by atoms with E-state index in [2.05, 4.69) is 11.7 Å². The Labute approximate surface area is 39.8 Å². The van der Waals surface area contributed by atoms with Gasteiger partial charge in [-0.3, -0.25) is 0 Å². The third-order valence-electron chi connectivity index (χ3n) is 0.665. The van der Waals surface area contributed by atoms with Crippen molar-refractivity contribution in [2.75, 3.05) is 0 Å². The molecule has 0 aromatic rings. The summed E-state index contributed by atoms with van der Waals surface area (Å²) in [5.74, 6) is 0. The van der Waals surface area contributed by atoms with Crippen LogP contribution in [0.4, 0.5) is 0 Å². The number of aliphatic hydroxyl groups excluding tert-OH is 1. The van der Waals surface area contributed by atoms with E-state index < -0.39 is 0 Å². The fourth-order valence-electron chi connectivity index (χ4n) is 0.167. The molecule has 1 atom stereocenters. The fourth-order valence-corrected chi connectivity index (χ4v) is 0.167.